The zero-order chi connectivity index (χ0) is 25.0. The Morgan fingerprint density at radius 1 is 0.909 bits per heavy atom. The summed E-state index contributed by atoms with van der Waals surface area (Å²) in [7, 11) is -4.39. The first-order valence-corrected chi connectivity index (χ1v) is 11.0. The number of amides is 1. The number of anilines is 1. The number of sulfone groups is 1. The number of benzene rings is 2. The van der Waals surface area contributed by atoms with Crippen molar-refractivity contribution in [3.8, 4) is 0 Å². The lowest BCUT2D eigenvalue weighted by atomic mass is 9.94. The predicted molar refractivity (Wildman–Crippen MR) is 105 cm³/mol. The molecule has 1 saturated heterocycles. The number of hydrogen-bond donors (Lipinski definition) is 0. The summed E-state index contributed by atoms with van der Waals surface area (Å²) < 4.78 is 116. The van der Waals surface area contributed by atoms with E-state index in [1.807, 2.05) is 0 Å². The lowest BCUT2D eigenvalue weighted by molar-refractivity contribution is -0.138. The highest BCUT2D eigenvalue weighted by Crippen LogP contribution is 2.41. The highest BCUT2D eigenvalue weighted by atomic mass is 32.2. The molecule has 4 nitrogen and oxygen atoms in total. The molecule has 2 aromatic rings. The second kappa shape index (κ2) is 8.00. The lowest BCUT2D eigenvalue weighted by Crippen LogP contribution is -2.41. The first-order chi connectivity index (χ1) is 15.0. The maximum Gasteiger partial charge on any atom is 0.416 e. The molecule has 0 aliphatic carbocycles. The van der Waals surface area contributed by atoms with E-state index in [1.165, 1.54) is 13.8 Å². The molecule has 1 heterocycles. The Labute approximate surface area is 184 Å². The van der Waals surface area contributed by atoms with Crippen molar-refractivity contribution in [2.24, 2.45) is 5.92 Å². The van der Waals surface area contributed by atoms with Gasteiger partial charge in [-0.1, -0.05) is 6.07 Å². The minimum Gasteiger partial charge on any atom is -0.309 e. The van der Waals surface area contributed by atoms with Gasteiger partial charge in [-0.3, -0.25) is 4.79 Å². The van der Waals surface area contributed by atoms with E-state index in [0.29, 0.717) is 12.1 Å². The molecular weight excluding hydrogens is 479 g/mol. The van der Waals surface area contributed by atoms with Gasteiger partial charge in [-0.05, 0) is 50.2 Å². The van der Waals surface area contributed by atoms with Gasteiger partial charge in [0, 0.05) is 18.9 Å². The van der Waals surface area contributed by atoms with Gasteiger partial charge < -0.3 is 4.90 Å². The molecule has 0 saturated carbocycles. The van der Waals surface area contributed by atoms with Crippen molar-refractivity contribution < 1.29 is 43.9 Å². The van der Waals surface area contributed by atoms with Crippen LogP contribution < -0.4 is 4.90 Å². The molecule has 33 heavy (non-hydrogen) atoms. The summed E-state index contributed by atoms with van der Waals surface area (Å²) in [6.07, 6.45) is -9.94. The van der Waals surface area contributed by atoms with Crippen molar-refractivity contribution >= 4 is 21.4 Å². The number of alkyl halides is 6. The molecule has 1 aliphatic heterocycles. The molecule has 0 radical (unpaired) electrons. The van der Waals surface area contributed by atoms with Crippen LogP contribution in [-0.2, 0) is 27.0 Å². The molecule has 0 aromatic heterocycles. The molecule has 1 aliphatic rings. The van der Waals surface area contributed by atoms with Gasteiger partial charge >= 0.3 is 12.4 Å². The lowest BCUT2D eigenvalue weighted by Gasteiger charge is -2.31. The van der Waals surface area contributed by atoms with Gasteiger partial charge in [0.05, 0.1) is 26.5 Å². The third-order valence-electron chi connectivity index (χ3n) is 5.84. The van der Waals surface area contributed by atoms with Crippen molar-refractivity contribution in [1.29, 1.82) is 0 Å². The minimum atomic E-state index is -4.79. The third-order valence-corrected chi connectivity index (χ3v) is 8.43. The zero-order valence-corrected chi connectivity index (χ0v) is 18.1. The van der Waals surface area contributed by atoms with Crippen molar-refractivity contribution in [1.82, 2.24) is 0 Å². The highest BCUT2D eigenvalue weighted by molar-refractivity contribution is 7.92. The van der Waals surface area contributed by atoms with Gasteiger partial charge in [0.25, 0.3) is 0 Å². The molecule has 0 bridgehead atoms. The largest absolute Gasteiger partial charge is 0.416 e. The van der Waals surface area contributed by atoms with Crippen LogP contribution in [0.3, 0.4) is 0 Å². The first-order valence-electron chi connectivity index (χ1n) is 9.55. The molecule has 0 spiro atoms. The molecule has 1 amide bonds. The van der Waals surface area contributed by atoms with Crippen LogP contribution in [0.2, 0.25) is 0 Å². The summed E-state index contributed by atoms with van der Waals surface area (Å²) in [5, 5.41) is 0. The molecule has 1 atom stereocenters. The maximum atomic E-state index is 14.4. The highest BCUT2D eigenvalue weighted by Gasteiger charge is 2.49. The van der Waals surface area contributed by atoms with Crippen LogP contribution in [0.1, 0.15) is 31.4 Å². The smallest absolute Gasteiger partial charge is 0.309 e. The van der Waals surface area contributed by atoms with Gasteiger partial charge in [-0.2, -0.15) is 26.3 Å². The zero-order valence-electron chi connectivity index (χ0n) is 17.3. The summed E-state index contributed by atoms with van der Waals surface area (Å²) >= 11 is 0. The number of hydrogen-bond acceptors (Lipinski definition) is 3. The topological polar surface area (TPSA) is 54.5 Å². The Morgan fingerprint density at radius 2 is 1.48 bits per heavy atom. The number of rotatable bonds is 4. The Bertz CT molecular complexity index is 1190. The van der Waals surface area contributed by atoms with Crippen LogP contribution in [0.4, 0.5) is 36.4 Å². The fraction of sp³-hybridized carbons (Fsp3) is 0.381. The Kier molecular flexibility index (Phi) is 6.06. The second-order valence-electron chi connectivity index (χ2n) is 8.20. The van der Waals surface area contributed by atoms with Crippen LogP contribution in [0, 0.1) is 11.7 Å². The van der Waals surface area contributed by atoms with Crippen molar-refractivity contribution in [3.05, 3.63) is 59.4 Å². The summed E-state index contributed by atoms with van der Waals surface area (Å²) in [4.78, 5) is 12.8. The predicted octanol–water partition coefficient (Wildman–Crippen LogP) is 5.47. The van der Waals surface area contributed by atoms with E-state index >= 15 is 0 Å². The number of nitrogens with zero attached hydrogens (tertiary/aromatic N) is 1. The quantitative estimate of drug-likeness (QED) is 0.527. The van der Waals surface area contributed by atoms with Gasteiger partial charge in [-0.25, -0.2) is 12.8 Å². The fourth-order valence-corrected chi connectivity index (χ4v) is 5.41. The van der Waals surface area contributed by atoms with Crippen LogP contribution in [0.15, 0.2) is 47.4 Å². The molecule has 3 rings (SSSR count). The van der Waals surface area contributed by atoms with Crippen LogP contribution >= 0.6 is 0 Å². The fourth-order valence-electron chi connectivity index (χ4n) is 3.67. The van der Waals surface area contributed by atoms with Gasteiger partial charge in [0.15, 0.2) is 9.84 Å². The van der Waals surface area contributed by atoms with E-state index in [1.54, 1.807) is 0 Å². The van der Waals surface area contributed by atoms with Crippen LogP contribution in [-0.4, -0.2) is 25.6 Å². The molecule has 2 aromatic carbocycles. The van der Waals surface area contributed by atoms with Gasteiger partial charge in [0.1, 0.15) is 5.82 Å². The van der Waals surface area contributed by atoms with E-state index in [4.69, 9.17) is 0 Å². The number of carbonyl (C=O) groups excluding carboxylic acids is 1. The Morgan fingerprint density at radius 3 is 2.03 bits per heavy atom. The van der Waals surface area contributed by atoms with Gasteiger partial charge in [0.2, 0.25) is 5.91 Å². The van der Waals surface area contributed by atoms with Crippen molar-refractivity contribution in [2.75, 3.05) is 11.4 Å². The molecule has 1 fully saturated rings. The first kappa shape index (κ1) is 25.0. The summed E-state index contributed by atoms with van der Waals surface area (Å²) in [6, 6.07) is 4.81. The van der Waals surface area contributed by atoms with Crippen molar-refractivity contribution in [2.45, 2.75) is 42.3 Å². The molecule has 0 N–H and O–H groups in total. The average molecular weight is 497 g/mol. The van der Waals surface area contributed by atoms with Crippen LogP contribution in [0.5, 0.6) is 0 Å². The standard InChI is InChI=1S/C21H18F7NO3S/c1-19(2,33(31,32)15-5-3-4-12(8-15)20(23,24)25)14-10-18(30)29(11-14)17-7-6-13(9-16(17)22)21(26,27)28/h3-9,14H,10-11H2,1-2H3. The van der Waals surface area contributed by atoms with E-state index in [9.17, 15) is 43.9 Å². The number of halogens is 7. The maximum absolute atomic E-state index is 14.4. The number of carbonyl (C=O) groups is 1. The Balaban J connectivity index is 1.93. The summed E-state index contributed by atoms with van der Waals surface area (Å²) in [6.45, 7) is 2.15. The van der Waals surface area contributed by atoms with Gasteiger partial charge in [-0.15, -0.1) is 0 Å². The van der Waals surface area contributed by atoms with Crippen LogP contribution in [0.25, 0.3) is 0 Å². The summed E-state index contributed by atoms with van der Waals surface area (Å²) in [5.74, 6) is -2.99. The minimum absolute atomic E-state index is 0.237. The molecular formula is C21H18F7NO3S. The summed E-state index contributed by atoms with van der Waals surface area (Å²) in [5.41, 5.74) is -2.85. The SMILES string of the molecule is CC(C)(C1CC(=O)N(c2ccc(C(F)(F)F)cc2F)C1)S(=O)(=O)c1cccc(C(F)(F)F)c1. The normalized spacial score (nSPS) is 18.2. The van der Waals surface area contributed by atoms with E-state index in [0.717, 1.165) is 29.2 Å². The monoisotopic (exact) mass is 497 g/mol. The molecule has 1 unspecified atom stereocenters. The van der Waals surface area contributed by atoms with E-state index in [2.05, 4.69) is 0 Å². The molecule has 12 heteroatoms. The average Bonchev–Trinajstić information content (AvgIpc) is 3.08. The molecule has 180 valence electrons. The Hall–Kier alpha value is -2.63. The van der Waals surface area contributed by atoms with E-state index < -0.39 is 66.3 Å². The second-order valence-corrected chi connectivity index (χ2v) is 10.7. The third kappa shape index (κ3) is 4.57. The van der Waals surface area contributed by atoms with Crippen molar-refractivity contribution in [3.63, 3.8) is 0 Å². The van der Waals surface area contributed by atoms with E-state index in [-0.39, 0.29) is 19.0 Å².